The normalized spacial score (nSPS) is 17.3. The lowest BCUT2D eigenvalue weighted by atomic mass is 10.00. The second kappa shape index (κ2) is 8.89. The van der Waals surface area contributed by atoms with Crippen LogP contribution in [0.1, 0.15) is 19.4 Å². The van der Waals surface area contributed by atoms with Gasteiger partial charge in [-0.05, 0) is 54.8 Å². The molecule has 2 aromatic rings. The minimum atomic E-state index is -0.274. The van der Waals surface area contributed by atoms with Crippen molar-refractivity contribution >= 4 is 17.5 Å². The van der Waals surface area contributed by atoms with Gasteiger partial charge < -0.3 is 15.4 Å². The summed E-state index contributed by atoms with van der Waals surface area (Å²) in [5.41, 5.74) is 1.83. The number of carbonyl (C=O) groups is 2. The molecular weight excluding hydrogens is 354 g/mol. The number of piperazine rings is 1. The van der Waals surface area contributed by atoms with Gasteiger partial charge in [0.2, 0.25) is 11.8 Å². The summed E-state index contributed by atoms with van der Waals surface area (Å²) < 4.78 is 5.83. The van der Waals surface area contributed by atoms with E-state index in [9.17, 15) is 9.59 Å². The lowest BCUT2D eigenvalue weighted by molar-refractivity contribution is -0.132. The Balaban J connectivity index is 1.57. The van der Waals surface area contributed by atoms with Crippen LogP contribution in [0.5, 0.6) is 11.5 Å². The number of hydrogen-bond acceptors (Lipinski definition) is 4. The van der Waals surface area contributed by atoms with Crippen molar-refractivity contribution in [3.63, 3.8) is 0 Å². The molecule has 1 fully saturated rings. The van der Waals surface area contributed by atoms with Gasteiger partial charge in [-0.3, -0.25) is 14.5 Å². The fourth-order valence-electron chi connectivity index (χ4n) is 3.44. The summed E-state index contributed by atoms with van der Waals surface area (Å²) in [6, 6.07) is 14.8. The zero-order valence-electron chi connectivity index (χ0n) is 16.6. The molecule has 1 unspecified atom stereocenters. The molecule has 28 heavy (non-hydrogen) atoms. The summed E-state index contributed by atoms with van der Waals surface area (Å²) >= 11 is 0. The van der Waals surface area contributed by atoms with Gasteiger partial charge in [0, 0.05) is 18.8 Å². The quantitative estimate of drug-likeness (QED) is 0.806. The van der Waals surface area contributed by atoms with E-state index in [-0.39, 0.29) is 30.3 Å². The summed E-state index contributed by atoms with van der Waals surface area (Å²) in [6.45, 7) is 7.44. The first-order valence-corrected chi connectivity index (χ1v) is 9.58. The molecule has 0 radical (unpaired) electrons. The molecule has 0 spiro atoms. The van der Waals surface area contributed by atoms with Crippen molar-refractivity contribution in [2.75, 3.05) is 25.0 Å². The van der Waals surface area contributed by atoms with E-state index in [4.69, 9.17) is 4.74 Å². The summed E-state index contributed by atoms with van der Waals surface area (Å²) in [5.74, 6) is 1.49. The standard InChI is InChI=1S/C22H27N3O3/c1-15(2)21-22(27)23-11-12-25(21)14-20(26)24-17-7-9-18(10-8-17)28-19-6-4-5-16(3)13-19/h4-10,13,15,21H,11-12,14H2,1-3H3,(H,23,27)(H,24,26). The van der Waals surface area contributed by atoms with Crippen LogP contribution in [0.25, 0.3) is 0 Å². The highest BCUT2D eigenvalue weighted by atomic mass is 16.5. The van der Waals surface area contributed by atoms with E-state index in [1.54, 1.807) is 0 Å². The highest BCUT2D eigenvalue weighted by Crippen LogP contribution is 2.23. The predicted octanol–water partition coefficient (Wildman–Crippen LogP) is 3.18. The van der Waals surface area contributed by atoms with Crippen molar-refractivity contribution in [2.24, 2.45) is 5.92 Å². The average molecular weight is 381 g/mol. The molecule has 1 heterocycles. The van der Waals surface area contributed by atoms with Crippen LogP contribution in [0.4, 0.5) is 5.69 Å². The largest absolute Gasteiger partial charge is 0.457 e. The van der Waals surface area contributed by atoms with Crippen molar-refractivity contribution in [3.05, 3.63) is 54.1 Å². The van der Waals surface area contributed by atoms with Crippen molar-refractivity contribution in [2.45, 2.75) is 26.8 Å². The Morgan fingerprint density at radius 1 is 1.21 bits per heavy atom. The molecule has 0 aliphatic carbocycles. The Kier molecular flexibility index (Phi) is 6.31. The van der Waals surface area contributed by atoms with Crippen LogP contribution in [-0.2, 0) is 9.59 Å². The molecule has 1 atom stereocenters. The maximum Gasteiger partial charge on any atom is 0.238 e. The third kappa shape index (κ3) is 5.10. The maximum absolute atomic E-state index is 12.5. The monoisotopic (exact) mass is 381 g/mol. The molecule has 6 heteroatoms. The van der Waals surface area contributed by atoms with Gasteiger partial charge in [-0.15, -0.1) is 0 Å². The maximum atomic E-state index is 12.5. The minimum Gasteiger partial charge on any atom is -0.457 e. The van der Waals surface area contributed by atoms with Gasteiger partial charge in [0.05, 0.1) is 12.6 Å². The van der Waals surface area contributed by atoms with E-state index >= 15 is 0 Å². The van der Waals surface area contributed by atoms with Crippen LogP contribution in [0.3, 0.4) is 0 Å². The van der Waals surface area contributed by atoms with Crippen LogP contribution < -0.4 is 15.4 Å². The van der Waals surface area contributed by atoms with E-state index in [0.717, 1.165) is 11.3 Å². The number of amides is 2. The molecule has 3 rings (SSSR count). The third-order valence-corrected chi connectivity index (χ3v) is 4.70. The Morgan fingerprint density at radius 3 is 2.64 bits per heavy atom. The zero-order valence-corrected chi connectivity index (χ0v) is 16.6. The first-order chi connectivity index (χ1) is 13.4. The van der Waals surface area contributed by atoms with Crippen LogP contribution in [0.15, 0.2) is 48.5 Å². The van der Waals surface area contributed by atoms with Crippen LogP contribution in [-0.4, -0.2) is 42.4 Å². The topological polar surface area (TPSA) is 70.7 Å². The molecule has 2 amide bonds. The lowest BCUT2D eigenvalue weighted by Gasteiger charge is -2.36. The molecule has 1 aliphatic heterocycles. The van der Waals surface area contributed by atoms with E-state index in [0.29, 0.717) is 24.5 Å². The molecule has 6 nitrogen and oxygen atoms in total. The highest BCUT2D eigenvalue weighted by molar-refractivity contribution is 5.93. The Bertz CT molecular complexity index is 833. The molecule has 148 valence electrons. The second-order valence-corrected chi connectivity index (χ2v) is 7.44. The van der Waals surface area contributed by atoms with Gasteiger partial charge in [-0.1, -0.05) is 26.0 Å². The van der Waals surface area contributed by atoms with Crippen LogP contribution >= 0.6 is 0 Å². The fourth-order valence-corrected chi connectivity index (χ4v) is 3.44. The highest BCUT2D eigenvalue weighted by Gasteiger charge is 2.33. The zero-order chi connectivity index (χ0) is 20.1. The van der Waals surface area contributed by atoms with Crippen molar-refractivity contribution in [1.82, 2.24) is 10.2 Å². The summed E-state index contributed by atoms with van der Waals surface area (Å²) in [6.07, 6.45) is 0. The average Bonchev–Trinajstić information content (AvgIpc) is 2.63. The first-order valence-electron chi connectivity index (χ1n) is 9.58. The van der Waals surface area contributed by atoms with E-state index in [1.165, 1.54) is 0 Å². The molecule has 0 bridgehead atoms. The number of nitrogens with zero attached hydrogens (tertiary/aromatic N) is 1. The van der Waals surface area contributed by atoms with Gasteiger partial charge in [0.1, 0.15) is 11.5 Å². The van der Waals surface area contributed by atoms with Crippen LogP contribution in [0.2, 0.25) is 0 Å². The molecule has 1 aliphatic rings. The number of benzene rings is 2. The van der Waals surface area contributed by atoms with E-state index in [1.807, 2.05) is 74.2 Å². The first kappa shape index (κ1) is 19.9. The Morgan fingerprint density at radius 2 is 1.96 bits per heavy atom. The summed E-state index contributed by atoms with van der Waals surface area (Å²) in [7, 11) is 0. The number of aryl methyl sites for hydroxylation is 1. The summed E-state index contributed by atoms with van der Waals surface area (Å²) in [5, 5.41) is 5.77. The Labute approximate surface area is 165 Å². The van der Waals surface area contributed by atoms with Gasteiger partial charge in [-0.25, -0.2) is 0 Å². The molecule has 0 saturated carbocycles. The lowest BCUT2D eigenvalue weighted by Crippen LogP contribution is -2.58. The molecular formula is C22H27N3O3. The van der Waals surface area contributed by atoms with Crippen LogP contribution in [0, 0.1) is 12.8 Å². The fraction of sp³-hybridized carbons (Fsp3) is 0.364. The number of anilines is 1. The minimum absolute atomic E-state index is 0.00768. The number of carbonyl (C=O) groups excluding carboxylic acids is 2. The molecule has 2 aromatic carbocycles. The predicted molar refractivity (Wildman–Crippen MR) is 110 cm³/mol. The molecule has 2 N–H and O–H groups in total. The SMILES string of the molecule is Cc1cccc(Oc2ccc(NC(=O)CN3CCNC(=O)C3C(C)C)cc2)c1. The third-order valence-electron chi connectivity index (χ3n) is 4.70. The Hall–Kier alpha value is -2.86. The molecule has 1 saturated heterocycles. The summed E-state index contributed by atoms with van der Waals surface area (Å²) in [4.78, 5) is 26.5. The number of hydrogen-bond donors (Lipinski definition) is 2. The number of rotatable bonds is 6. The van der Waals surface area contributed by atoms with Gasteiger partial charge in [-0.2, -0.15) is 0 Å². The van der Waals surface area contributed by atoms with E-state index in [2.05, 4.69) is 10.6 Å². The molecule has 0 aromatic heterocycles. The number of nitrogens with one attached hydrogen (secondary N) is 2. The van der Waals surface area contributed by atoms with Gasteiger partial charge in [0.15, 0.2) is 0 Å². The second-order valence-electron chi connectivity index (χ2n) is 7.44. The van der Waals surface area contributed by atoms with Gasteiger partial charge in [0.25, 0.3) is 0 Å². The van der Waals surface area contributed by atoms with Gasteiger partial charge >= 0.3 is 0 Å². The van der Waals surface area contributed by atoms with E-state index < -0.39 is 0 Å². The van der Waals surface area contributed by atoms with Crippen molar-refractivity contribution in [3.8, 4) is 11.5 Å². The van der Waals surface area contributed by atoms with Crippen molar-refractivity contribution < 1.29 is 14.3 Å². The smallest absolute Gasteiger partial charge is 0.238 e. The van der Waals surface area contributed by atoms with Crippen molar-refractivity contribution in [1.29, 1.82) is 0 Å². The number of ether oxygens (including phenoxy) is 1.